The third-order valence-corrected chi connectivity index (χ3v) is 9.86. The number of imidazole rings is 1. The van der Waals surface area contributed by atoms with Crippen LogP contribution in [0.2, 0.25) is 0 Å². The van der Waals surface area contributed by atoms with E-state index in [9.17, 15) is 24.0 Å². The van der Waals surface area contributed by atoms with Crippen LogP contribution < -0.4 is 10.6 Å². The number of alkyl carbamates (subject to hydrolysis) is 1. The molecule has 288 valence electrons. The second-order valence-electron chi connectivity index (χ2n) is 15.2. The molecule has 0 spiro atoms. The standard InChI is InChI=1S/C42H48N6O7/c1-25(2)35(46-40(52)54-6)39(51)47-21-9-12-33(47)37-43-22-32(45-37)28-17-13-26(14-18-28)27-15-19-29(20-16-27)34(49)23-44-38(50)36-31-11-8-7-10-30(31)24-48(36)41(53)55-42(3,4)5/h7-8,10-11,13-20,22,25,33,35-36H,9,12,21,23-24H2,1-6H3,(H,43,45)(H,44,50)(H,46,52). The SMILES string of the molecule is COC(=O)NC(C(=O)N1CCCC1c1nc(-c2ccc(-c3ccc(C(=O)CNC(=O)C4c5ccccc5CN4C(=O)OC(C)(C)C)cc3)cc2)c[nH]1)C(C)C. The van der Waals surface area contributed by atoms with Gasteiger partial charge in [0.25, 0.3) is 0 Å². The summed E-state index contributed by atoms with van der Waals surface area (Å²) in [6.45, 7) is 9.67. The number of aromatic nitrogens is 2. The van der Waals surface area contributed by atoms with E-state index in [-0.39, 0.29) is 36.7 Å². The summed E-state index contributed by atoms with van der Waals surface area (Å²) in [5, 5.41) is 5.42. The van der Waals surface area contributed by atoms with Crippen LogP contribution >= 0.6 is 0 Å². The van der Waals surface area contributed by atoms with E-state index < -0.39 is 35.8 Å². The number of methoxy groups -OCH3 is 1. The van der Waals surface area contributed by atoms with Gasteiger partial charge >= 0.3 is 12.2 Å². The van der Waals surface area contributed by atoms with E-state index in [1.165, 1.54) is 12.0 Å². The van der Waals surface area contributed by atoms with E-state index in [0.29, 0.717) is 23.5 Å². The largest absolute Gasteiger partial charge is 0.453 e. The number of fused-ring (bicyclic) bond motifs is 1. The Labute approximate surface area is 320 Å². The number of amides is 4. The van der Waals surface area contributed by atoms with Crippen LogP contribution in [-0.2, 0) is 25.6 Å². The highest BCUT2D eigenvalue weighted by Gasteiger charge is 2.41. The van der Waals surface area contributed by atoms with Gasteiger partial charge < -0.3 is 30.0 Å². The number of ketones is 1. The number of carbonyl (C=O) groups excluding carboxylic acids is 5. The fourth-order valence-corrected chi connectivity index (χ4v) is 7.06. The fraction of sp³-hybridized carbons (Fsp3) is 0.381. The summed E-state index contributed by atoms with van der Waals surface area (Å²) in [5.41, 5.74) is 4.77. The number of hydrogen-bond donors (Lipinski definition) is 3. The number of nitrogens with zero attached hydrogens (tertiary/aromatic N) is 3. The Bertz CT molecular complexity index is 2050. The predicted octanol–water partition coefficient (Wildman–Crippen LogP) is 6.58. The number of carbonyl (C=O) groups is 5. The Morgan fingerprint density at radius 1 is 0.909 bits per heavy atom. The minimum Gasteiger partial charge on any atom is -0.453 e. The van der Waals surface area contributed by atoms with Crippen LogP contribution in [0, 0.1) is 5.92 Å². The molecule has 13 heteroatoms. The fourth-order valence-electron chi connectivity index (χ4n) is 7.06. The monoisotopic (exact) mass is 748 g/mol. The Morgan fingerprint density at radius 3 is 2.22 bits per heavy atom. The van der Waals surface area contributed by atoms with Gasteiger partial charge in [0.05, 0.1) is 31.9 Å². The maximum absolute atomic E-state index is 13.5. The minimum atomic E-state index is -0.904. The first-order valence-corrected chi connectivity index (χ1v) is 18.5. The van der Waals surface area contributed by atoms with Gasteiger partial charge in [-0.15, -0.1) is 0 Å². The number of hydrogen-bond acceptors (Lipinski definition) is 8. The maximum Gasteiger partial charge on any atom is 0.411 e. The molecule has 4 aromatic rings. The highest BCUT2D eigenvalue weighted by Crippen LogP contribution is 2.36. The zero-order valence-corrected chi connectivity index (χ0v) is 32.0. The van der Waals surface area contributed by atoms with Gasteiger partial charge in [-0.05, 0) is 61.8 Å². The number of benzene rings is 3. The molecule has 4 amide bonds. The molecule has 1 aromatic heterocycles. The van der Waals surface area contributed by atoms with Crippen LogP contribution in [0.1, 0.15) is 86.9 Å². The second-order valence-corrected chi connectivity index (χ2v) is 15.2. The van der Waals surface area contributed by atoms with E-state index in [0.717, 1.165) is 40.8 Å². The zero-order valence-electron chi connectivity index (χ0n) is 32.0. The molecule has 0 aliphatic carbocycles. The van der Waals surface area contributed by atoms with Crippen molar-refractivity contribution in [2.45, 2.75) is 77.7 Å². The van der Waals surface area contributed by atoms with Gasteiger partial charge in [0.1, 0.15) is 23.5 Å². The lowest BCUT2D eigenvalue weighted by molar-refractivity contribution is -0.135. The average Bonchev–Trinajstić information content (AvgIpc) is 3.94. The lowest BCUT2D eigenvalue weighted by Gasteiger charge is -2.29. The summed E-state index contributed by atoms with van der Waals surface area (Å²) in [5.74, 6) is -0.308. The first kappa shape index (κ1) is 38.7. The maximum atomic E-state index is 13.5. The summed E-state index contributed by atoms with van der Waals surface area (Å²) >= 11 is 0. The molecule has 1 fully saturated rings. The summed E-state index contributed by atoms with van der Waals surface area (Å²) in [4.78, 5) is 76.3. The smallest absolute Gasteiger partial charge is 0.411 e. The lowest BCUT2D eigenvalue weighted by atomic mass is 10.0. The molecule has 55 heavy (non-hydrogen) atoms. The predicted molar refractivity (Wildman–Crippen MR) is 206 cm³/mol. The molecule has 6 rings (SSSR count). The van der Waals surface area contributed by atoms with E-state index in [1.807, 2.05) is 80.7 Å². The molecule has 2 aliphatic rings. The normalized spacial score (nSPS) is 17.1. The molecular weight excluding hydrogens is 700 g/mol. The van der Waals surface area contributed by atoms with Crippen molar-refractivity contribution in [3.63, 3.8) is 0 Å². The van der Waals surface area contributed by atoms with Crippen LogP contribution in [0.5, 0.6) is 0 Å². The van der Waals surface area contributed by atoms with Gasteiger partial charge in [-0.1, -0.05) is 86.6 Å². The van der Waals surface area contributed by atoms with Crippen molar-refractivity contribution in [1.82, 2.24) is 30.4 Å². The Morgan fingerprint density at radius 2 is 1.56 bits per heavy atom. The number of aromatic amines is 1. The van der Waals surface area contributed by atoms with Gasteiger partial charge in [0.2, 0.25) is 11.8 Å². The highest BCUT2D eigenvalue weighted by atomic mass is 16.6. The quantitative estimate of drug-likeness (QED) is 0.153. The van der Waals surface area contributed by atoms with E-state index in [2.05, 4.69) is 15.6 Å². The van der Waals surface area contributed by atoms with Crippen molar-refractivity contribution < 1.29 is 33.4 Å². The first-order valence-electron chi connectivity index (χ1n) is 18.5. The van der Waals surface area contributed by atoms with Crippen molar-refractivity contribution in [3.05, 3.63) is 102 Å². The van der Waals surface area contributed by atoms with Gasteiger partial charge in [-0.2, -0.15) is 0 Å². The zero-order chi connectivity index (χ0) is 39.4. The summed E-state index contributed by atoms with van der Waals surface area (Å²) < 4.78 is 10.3. The van der Waals surface area contributed by atoms with Crippen LogP contribution in [0.4, 0.5) is 9.59 Å². The topological polar surface area (TPSA) is 163 Å². The second kappa shape index (κ2) is 16.2. The van der Waals surface area contributed by atoms with Crippen molar-refractivity contribution in [2.75, 3.05) is 20.2 Å². The summed E-state index contributed by atoms with van der Waals surface area (Å²) in [6.07, 6.45) is 2.18. The first-order chi connectivity index (χ1) is 26.2. The molecule has 0 radical (unpaired) electrons. The molecule has 3 aromatic carbocycles. The Kier molecular flexibility index (Phi) is 11.4. The lowest BCUT2D eigenvalue weighted by Crippen LogP contribution is -2.51. The third kappa shape index (κ3) is 8.72. The molecule has 3 heterocycles. The van der Waals surface area contributed by atoms with E-state index in [4.69, 9.17) is 14.5 Å². The summed E-state index contributed by atoms with van der Waals surface area (Å²) in [6, 6.07) is 20.6. The number of H-pyrrole nitrogens is 1. The van der Waals surface area contributed by atoms with Crippen LogP contribution in [0.3, 0.4) is 0 Å². The molecule has 3 atom stereocenters. The average molecular weight is 749 g/mol. The number of rotatable bonds is 10. The minimum absolute atomic E-state index is 0.121. The van der Waals surface area contributed by atoms with Gasteiger partial charge in [-0.3, -0.25) is 19.3 Å². The van der Waals surface area contributed by atoms with Crippen LogP contribution in [-0.4, -0.2) is 81.4 Å². The number of nitrogens with one attached hydrogen (secondary N) is 3. The molecule has 2 aliphatic heterocycles. The molecule has 0 bridgehead atoms. The van der Waals surface area contributed by atoms with Crippen molar-refractivity contribution in [3.8, 4) is 22.4 Å². The van der Waals surface area contributed by atoms with Crippen molar-refractivity contribution >= 4 is 29.8 Å². The van der Waals surface area contributed by atoms with Gasteiger partial charge in [0.15, 0.2) is 5.78 Å². The Balaban J connectivity index is 1.07. The Hall–Kier alpha value is -5.98. The molecular formula is C42H48N6O7. The van der Waals surface area contributed by atoms with Gasteiger partial charge in [-0.25, -0.2) is 14.6 Å². The number of ether oxygens (including phenoxy) is 2. The molecule has 1 saturated heterocycles. The van der Waals surface area contributed by atoms with E-state index >= 15 is 0 Å². The van der Waals surface area contributed by atoms with E-state index in [1.54, 1.807) is 37.8 Å². The third-order valence-electron chi connectivity index (χ3n) is 9.86. The molecule has 13 nitrogen and oxygen atoms in total. The highest BCUT2D eigenvalue weighted by molar-refractivity contribution is 6.00. The molecule has 3 unspecified atom stereocenters. The van der Waals surface area contributed by atoms with Crippen LogP contribution in [0.25, 0.3) is 22.4 Å². The van der Waals surface area contributed by atoms with Crippen molar-refractivity contribution in [2.24, 2.45) is 5.92 Å². The molecule has 3 N–H and O–H groups in total. The number of Topliss-reactive ketones (excluding diaryl/α,β-unsaturated/α-hetero) is 1. The van der Waals surface area contributed by atoms with Gasteiger partial charge in [0, 0.05) is 23.9 Å². The molecule has 0 saturated carbocycles. The summed E-state index contributed by atoms with van der Waals surface area (Å²) in [7, 11) is 1.28. The van der Waals surface area contributed by atoms with Crippen molar-refractivity contribution in [1.29, 1.82) is 0 Å². The van der Waals surface area contributed by atoms with Crippen LogP contribution in [0.15, 0.2) is 79.0 Å². The number of likely N-dealkylation sites (tertiary alicyclic amines) is 1.